The second kappa shape index (κ2) is 7.97. The van der Waals surface area contributed by atoms with Gasteiger partial charge in [-0.2, -0.15) is 8.78 Å². The van der Waals surface area contributed by atoms with Crippen LogP contribution in [0.3, 0.4) is 0 Å². The van der Waals surface area contributed by atoms with Gasteiger partial charge in [0.2, 0.25) is 0 Å². The Morgan fingerprint density at radius 2 is 1.96 bits per heavy atom. The smallest absolute Gasteiger partial charge is 0.382 e. The van der Waals surface area contributed by atoms with Crippen molar-refractivity contribution in [3.63, 3.8) is 0 Å². The topological polar surface area (TPSA) is 81.2 Å². The van der Waals surface area contributed by atoms with E-state index in [1.54, 1.807) is 6.07 Å². The van der Waals surface area contributed by atoms with Crippen LogP contribution in [0, 0.1) is 0 Å². The predicted molar refractivity (Wildman–Crippen MR) is 102 cm³/mol. The lowest BCUT2D eigenvalue weighted by Crippen LogP contribution is -2.28. The molecular formula is C19H14BrF2N3O3. The summed E-state index contributed by atoms with van der Waals surface area (Å²) < 4.78 is 34.3. The van der Waals surface area contributed by atoms with Crippen molar-refractivity contribution in [3.05, 3.63) is 64.5 Å². The van der Waals surface area contributed by atoms with Gasteiger partial charge in [-0.15, -0.1) is 0 Å². The Morgan fingerprint density at radius 3 is 2.64 bits per heavy atom. The molecule has 0 aliphatic heterocycles. The van der Waals surface area contributed by atoms with Gasteiger partial charge in [-0.1, -0.05) is 6.07 Å². The van der Waals surface area contributed by atoms with Crippen molar-refractivity contribution < 1.29 is 23.1 Å². The second-order valence-corrected chi connectivity index (χ2v) is 6.59. The van der Waals surface area contributed by atoms with Crippen LogP contribution >= 0.6 is 15.9 Å². The molecule has 3 aromatic rings. The summed E-state index contributed by atoms with van der Waals surface area (Å²) in [6.45, 7) is 1.28. The molecule has 0 saturated carbocycles. The zero-order valence-electron chi connectivity index (χ0n) is 14.6. The second-order valence-electron chi connectivity index (χ2n) is 5.67. The monoisotopic (exact) mass is 449 g/mol. The Bertz CT molecular complexity index is 1040. The third-order valence-electron chi connectivity index (χ3n) is 3.85. The van der Waals surface area contributed by atoms with Crippen molar-refractivity contribution >= 4 is 44.4 Å². The van der Waals surface area contributed by atoms with Crippen molar-refractivity contribution in [3.8, 4) is 0 Å². The van der Waals surface area contributed by atoms with E-state index in [9.17, 15) is 18.4 Å². The van der Waals surface area contributed by atoms with Gasteiger partial charge in [-0.25, -0.2) is 9.78 Å². The fourth-order valence-corrected chi connectivity index (χ4v) is 2.81. The molecule has 1 aromatic carbocycles. The number of pyridine rings is 2. The number of fused-ring (bicyclic) bond motifs is 1. The molecule has 0 bridgehead atoms. The number of rotatable bonds is 5. The van der Waals surface area contributed by atoms with Gasteiger partial charge in [-0.3, -0.25) is 9.78 Å². The Kier molecular flexibility index (Phi) is 5.64. The minimum Gasteiger partial charge on any atom is -0.461 e. The van der Waals surface area contributed by atoms with E-state index in [0.29, 0.717) is 4.47 Å². The van der Waals surface area contributed by atoms with Gasteiger partial charge in [0, 0.05) is 27.8 Å². The lowest BCUT2D eigenvalue weighted by Gasteiger charge is -2.18. The zero-order chi connectivity index (χ0) is 20.3. The van der Waals surface area contributed by atoms with Crippen molar-refractivity contribution in [2.45, 2.75) is 12.8 Å². The molecule has 1 amide bonds. The molecule has 2 heterocycles. The summed E-state index contributed by atoms with van der Waals surface area (Å²) in [4.78, 5) is 32.2. The lowest BCUT2D eigenvalue weighted by molar-refractivity contribution is -0.172. The van der Waals surface area contributed by atoms with Crippen LogP contribution < -0.4 is 5.32 Å². The number of nitrogens with one attached hydrogen (secondary N) is 1. The molecule has 0 unspecified atom stereocenters. The van der Waals surface area contributed by atoms with Gasteiger partial charge in [-0.05, 0) is 53.2 Å². The Hall–Kier alpha value is -2.94. The number of carbonyl (C=O) groups excluding carboxylic acids is 2. The van der Waals surface area contributed by atoms with Crippen LogP contribution in [-0.2, 0) is 15.5 Å². The molecule has 144 valence electrons. The normalized spacial score (nSPS) is 11.3. The molecule has 2 aromatic heterocycles. The van der Waals surface area contributed by atoms with Crippen molar-refractivity contribution in [2.75, 3.05) is 11.9 Å². The van der Waals surface area contributed by atoms with E-state index >= 15 is 0 Å². The first-order valence-corrected chi connectivity index (χ1v) is 9.00. The first-order chi connectivity index (χ1) is 13.3. The van der Waals surface area contributed by atoms with Crippen LogP contribution in [0.2, 0.25) is 0 Å². The van der Waals surface area contributed by atoms with E-state index in [2.05, 4.69) is 36.0 Å². The first-order valence-electron chi connectivity index (χ1n) is 8.20. The number of nitrogens with zero attached hydrogens (tertiary/aromatic N) is 2. The molecule has 0 fully saturated rings. The number of anilines is 1. The highest BCUT2D eigenvalue weighted by Crippen LogP contribution is 2.36. The summed E-state index contributed by atoms with van der Waals surface area (Å²) in [5.74, 6) is -6.02. The number of hydrogen-bond acceptors (Lipinski definition) is 5. The van der Waals surface area contributed by atoms with Gasteiger partial charge < -0.3 is 10.1 Å². The molecule has 0 aliphatic carbocycles. The van der Waals surface area contributed by atoms with E-state index < -0.39 is 23.4 Å². The lowest BCUT2D eigenvalue weighted by atomic mass is 10.0. The summed E-state index contributed by atoms with van der Waals surface area (Å²) in [5.41, 5.74) is -0.0646. The molecule has 0 saturated heterocycles. The zero-order valence-corrected chi connectivity index (χ0v) is 16.2. The summed E-state index contributed by atoms with van der Waals surface area (Å²) >= 11 is 3.23. The van der Waals surface area contributed by atoms with Crippen LogP contribution in [0.4, 0.5) is 14.5 Å². The number of hydrogen-bond donors (Lipinski definition) is 1. The largest absolute Gasteiger partial charge is 0.461 e. The number of benzene rings is 1. The Morgan fingerprint density at radius 1 is 1.18 bits per heavy atom. The number of alkyl halides is 2. The number of esters is 1. The molecular weight excluding hydrogens is 436 g/mol. The summed E-state index contributed by atoms with van der Waals surface area (Å²) in [7, 11) is 0. The third-order valence-corrected chi connectivity index (χ3v) is 4.32. The van der Waals surface area contributed by atoms with E-state index in [0.717, 1.165) is 6.07 Å². The number of aromatic nitrogens is 2. The van der Waals surface area contributed by atoms with E-state index in [1.165, 1.54) is 43.6 Å². The number of carbonyl (C=O) groups is 2. The fraction of sp³-hybridized carbons (Fsp3) is 0.158. The number of amides is 1. The first kappa shape index (κ1) is 19.8. The Balaban J connectivity index is 2.01. The standard InChI is InChI=1S/C19H14BrF2N3O3/c1-2-28-18(27)19(21,22)13-6-8-14(16-12(13)4-3-9-23-16)25-17(26)15-7-5-11(20)10-24-15/h3-10H,2H2,1H3,(H,25,26). The minimum absolute atomic E-state index is 0.0297. The number of ether oxygens (including phenoxy) is 1. The van der Waals surface area contributed by atoms with Crippen LogP contribution in [0.25, 0.3) is 10.9 Å². The van der Waals surface area contributed by atoms with Gasteiger partial charge in [0.25, 0.3) is 5.91 Å². The highest BCUT2D eigenvalue weighted by atomic mass is 79.9. The molecule has 9 heteroatoms. The number of halogens is 3. The average Bonchev–Trinajstić information content (AvgIpc) is 2.68. The summed E-state index contributed by atoms with van der Waals surface area (Å²) in [5, 5.41) is 2.64. The minimum atomic E-state index is -3.85. The molecule has 6 nitrogen and oxygen atoms in total. The maximum Gasteiger partial charge on any atom is 0.382 e. The Labute approximate surface area is 167 Å². The molecule has 0 aliphatic rings. The van der Waals surface area contributed by atoms with Crippen LogP contribution in [0.5, 0.6) is 0 Å². The average molecular weight is 450 g/mol. The van der Waals surface area contributed by atoms with E-state index in [-0.39, 0.29) is 28.9 Å². The molecule has 0 spiro atoms. The molecule has 28 heavy (non-hydrogen) atoms. The van der Waals surface area contributed by atoms with Gasteiger partial charge in [0.05, 0.1) is 17.8 Å². The maximum absolute atomic E-state index is 14.6. The molecule has 0 atom stereocenters. The van der Waals surface area contributed by atoms with Crippen molar-refractivity contribution in [2.24, 2.45) is 0 Å². The van der Waals surface area contributed by atoms with Crippen molar-refractivity contribution in [1.29, 1.82) is 0 Å². The van der Waals surface area contributed by atoms with E-state index in [1.807, 2.05) is 0 Å². The highest BCUT2D eigenvalue weighted by Gasteiger charge is 2.44. The molecule has 1 N–H and O–H groups in total. The maximum atomic E-state index is 14.6. The quantitative estimate of drug-likeness (QED) is 0.587. The molecule has 3 rings (SSSR count). The third kappa shape index (κ3) is 3.84. The van der Waals surface area contributed by atoms with Crippen molar-refractivity contribution in [1.82, 2.24) is 9.97 Å². The summed E-state index contributed by atoms with van der Waals surface area (Å²) in [6.07, 6.45) is 2.87. The van der Waals surface area contributed by atoms with Crippen LogP contribution in [-0.4, -0.2) is 28.5 Å². The fourth-order valence-electron chi connectivity index (χ4n) is 2.58. The van der Waals surface area contributed by atoms with Gasteiger partial charge in [0.15, 0.2) is 0 Å². The predicted octanol–water partition coefficient (Wildman–Crippen LogP) is 4.30. The van der Waals surface area contributed by atoms with Crippen LogP contribution in [0.15, 0.2) is 53.3 Å². The summed E-state index contributed by atoms with van der Waals surface area (Å²) in [6, 6.07) is 8.38. The van der Waals surface area contributed by atoms with Crippen LogP contribution in [0.1, 0.15) is 23.0 Å². The van der Waals surface area contributed by atoms with E-state index in [4.69, 9.17) is 0 Å². The SMILES string of the molecule is CCOC(=O)C(F)(F)c1ccc(NC(=O)c2ccc(Br)cn2)c2ncccc12. The molecule has 0 radical (unpaired) electrons. The highest BCUT2D eigenvalue weighted by molar-refractivity contribution is 9.10. The van der Waals surface area contributed by atoms with Gasteiger partial charge in [0.1, 0.15) is 5.69 Å². The van der Waals surface area contributed by atoms with Gasteiger partial charge >= 0.3 is 11.9 Å².